The lowest BCUT2D eigenvalue weighted by Gasteiger charge is -2.34. The third-order valence-electron chi connectivity index (χ3n) is 10.2. The molecular weight excluding hydrogens is 568 g/mol. The monoisotopic (exact) mass is 600 g/mol. The van der Waals surface area contributed by atoms with Crippen LogP contribution in [0.5, 0.6) is 0 Å². The maximum Gasteiger partial charge on any atom is 0.315 e. The second kappa shape index (κ2) is 11.5. The van der Waals surface area contributed by atoms with E-state index in [1.807, 2.05) is 115 Å². The highest BCUT2D eigenvalue weighted by atomic mass is 16.5. The van der Waals surface area contributed by atoms with Crippen LogP contribution in [0, 0.1) is 11.8 Å². The lowest BCUT2D eigenvalue weighted by atomic mass is 9.68. The standard InChI is InChI=1S/C42H32O4/c43-35(26-14-4-1-5-15-26)24-33-29-20-10-12-22-31(29)37(39(33)41(44)28-18-8-3-9-19-28)38-32-23-13-11-21-30(32)34-25-36(46-42(45)40(34)38)27-16-6-2-7-17-27/h1-23,25,33-34,37-40H,24H2/t33-,34-,37+,38?,39+,40-/m0/s1. The van der Waals surface area contributed by atoms with Gasteiger partial charge in [-0.2, -0.15) is 0 Å². The first-order valence-corrected chi connectivity index (χ1v) is 15.9. The Morgan fingerprint density at radius 2 is 1.07 bits per heavy atom. The molecule has 224 valence electrons. The van der Waals surface area contributed by atoms with Crippen LogP contribution >= 0.6 is 0 Å². The summed E-state index contributed by atoms with van der Waals surface area (Å²) >= 11 is 0. The minimum absolute atomic E-state index is 0.00159. The molecule has 0 saturated heterocycles. The van der Waals surface area contributed by atoms with E-state index in [4.69, 9.17) is 4.74 Å². The van der Waals surface area contributed by atoms with Gasteiger partial charge in [0.2, 0.25) is 0 Å². The number of Topliss-reactive ketones (excluding diaryl/α,β-unsaturated/α-hetero) is 2. The molecule has 0 radical (unpaired) electrons. The molecule has 3 aliphatic rings. The van der Waals surface area contributed by atoms with E-state index in [9.17, 15) is 14.4 Å². The third kappa shape index (κ3) is 4.64. The number of ketones is 2. The average Bonchev–Trinajstić information content (AvgIpc) is 3.61. The number of benzene rings is 5. The molecule has 5 aromatic rings. The first-order valence-electron chi connectivity index (χ1n) is 15.9. The number of fused-ring (bicyclic) bond motifs is 4. The smallest absolute Gasteiger partial charge is 0.315 e. The molecule has 2 aliphatic carbocycles. The number of hydrogen-bond acceptors (Lipinski definition) is 4. The molecule has 46 heavy (non-hydrogen) atoms. The van der Waals surface area contributed by atoms with Gasteiger partial charge in [0.1, 0.15) is 5.76 Å². The molecule has 0 saturated carbocycles. The zero-order valence-corrected chi connectivity index (χ0v) is 25.2. The van der Waals surface area contributed by atoms with Gasteiger partial charge in [0.25, 0.3) is 0 Å². The van der Waals surface area contributed by atoms with Crippen LogP contribution < -0.4 is 0 Å². The van der Waals surface area contributed by atoms with E-state index >= 15 is 0 Å². The van der Waals surface area contributed by atoms with Crippen molar-refractivity contribution in [3.63, 3.8) is 0 Å². The van der Waals surface area contributed by atoms with Gasteiger partial charge in [0, 0.05) is 52.7 Å². The first-order chi connectivity index (χ1) is 22.6. The van der Waals surface area contributed by atoms with E-state index in [2.05, 4.69) is 30.3 Å². The van der Waals surface area contributed by atoms with E-state index in [1.54, 1.807) is 0 Å². The van der Waals surface area contributed by atoms with Crippen LogP contribution in [-0.4, -0.2) is 17.5 Å². The van der Waals surface area contributed by atoms with Crippen molar-refractivity contribution in [1.29, 1.82) is 0 Å². The fraction of sp³-hybridized carbons (Fsp3) is 0.167. The molecule has 5 aromatic carbocycles. The van der Waals surface area contributed by atoms with Crippen molar-refractivity contribution in [3.05, 3.63) is 185 Å². The maximum atomic E-state index is 14.8. The highest BCUT2D eigenvalue weighted by molar-refractivity contribution is 6.02. The summed E-state index contributed by atoms with van der Waals surface area (Å²) in [5.74, 6) is -1.93. The van der Waals surface area contributed by atoms with Crippen LogP contribution in [0.3, 0.4) is 0 Å². The predicted molar refractivity (Wildman–Crippen MR) is 178 cm³/mol. The number of cyclic esters (lactones) is 1. The van der Waals surface area contributed by atoms with Crippen molar-refractivity contribution in [2.45, 2.75) is 30.1 Å². The Labute approximate surface area is 268 Å². The van der Waals surface area contributed by atoms with Gasteiger partial charge in [-0.25, -0.2) is 0 Å². The normalized spacial score (nSPS) is 24.3. The zero-order valence-electron chi connectivity index (χ0n) is 25.2. The van der Waals surface area contributed by atoms with Crippen molar-refractivity contribution < 1.29 is 19.1 Å². The zero-order chi connectivity index (χ0) is 31.2. The minimum atomic E-state index is -0.545. The number of esters is 1. The van der Waals surface area contributed by atoms with Gasteiger partial charge in [-0.1, -0.05) is 140 Å². The highest BCUT2D eigenvalue weighted by Gasteiger charge is 2.57. The third-order valence-corrected chi connectivity index (χ3v) is 10.2. The van der Waals surface area contributed by atoms with Crippen LogP contribution in [-0.2, 0) is 9.53 Å². The second-order valence-corrected chi connectivity index (χ2v) is 12.5. The Morgan fingerprint density at radius 3 is 1.72 bits per heavy atom. The molecule has 0 amide bonds. The molecule has 0 spiro atoms. The summed E-state index contributed by atoms with van der Waals surface area (Å²) in [5.41, 5.74) is 6.32. The topological polar surface area (TPSA) is 60.4 Å². The summed E-state index contributed by atoms with van der Waals surface area (Å²) in [6.45, 7) is 0. The lowest BCUT2D eigenvalue weighted by molar-refractivity contribution is -0.143. The Bertz CT molecular complexity index is 1980. The summed E-state index contributed by atoms with van der Waals surface area (Å²) in [6, 6.07) is 44.8. The summed E-state index contributed by atoms with van der Waals surface area (Å²) in [6.07, 6.45) is 2.29. The van der Waals surface area contributed by atoms with Gasteiger partial charge in [0.15, 0.2) is 11.6 Å². The first kappa shape index (κ1) is 28.1. The maximum absolute atomic E-state index is 14.8. The summed E-state index contributed by atoms with van der Waals surface area (Å²) in [7, 11) is 0. The molecule has 0 fully saturated rings. The number of carbonyl (C=O) groups is 3. The van der Waals surface area contributed by atoms with Gasteiger partial charge in [-0.3, -0.25) is 14.4 Å². The van der Waals surface area contributed by atoms with E-state index in [1.165, 1.54) is 0 Å². The Balaban J connectivity index is 1.29. The number of hydrogen-bond donors (Lipinski definition) is 0. The predicted octanol–water partition coefficient (Wildman–Crippen LogP) is 8.73. The van der Waals surface area contributed by atoms with Crippen LogP contribution in [0.25, 0.3) is 5.76 Å². The molecule has 0 aromatic heterocycles. The van der Waals surface area contributed by atoms with Crippen LogP contribution in [0.15, 0.2) is 146 Å². The number of allylic oxidation sites excluding steroid dienone is 1. The highest BCUT2D eigenvalue weighted by Crippen LogP contribution is 2.63. The number of carbonyl (C=O) groups excluding carboxylic acids is 3. The van der Waals surface area contributed by atoms with E-state index in [0.717, 1.165) is 27.8 Å². The molecule has 1 aliphatic heterocycles. The molecule has 4 nitrogen and oxygen atoms in total. The Morgan fingerprint density at radius 1 is 0.543 bits per heavy atom. The molecule has 6 atom stereocenters. The molecular formula is C42H32O4. The summed E-state index contributed by atoms with van der Waals surface area (Å²) in [4.78, 5) is 42.8. The van der Waals surface area contributed by atoms with E-state index in [0.29, 0.717) is 16.9 Å². The van der Waals surface area contributed by atoms with Crippen molar-refractivity contribution in [3.8, 4) is 0 Å². The number of rotatable bonds is 7. The Kier molecular flexibility index (Phi) is 7.06. The van der Waals surface area contributed by atoms with E-state index < -0.39 is 11.8 Å². The quantitative estimate of drug-likeness (QED) is 0.138. The molecule has 8 rings (SSSR count). The van der Waals surface area contributed by atoms with Crippen molar-refractivity contribution >= 4 is 23.3 Å². The van der Waals surface area contributed by atoms with Gasteiger partial charge < -0.3 is 4.74 Å². The number of ether oxygens (including phenoxy) is 1. The minimum Gasteiger partial charge on any atom is -0.426 e. The largest absolute Gasteiger partial charge is 0.426 e. The molecule has 1 unspecified atom stereocenters. The van der Waals surface area contributed by atoms with Gasteiger partial charge >= 0.3 is 5.97 Å². The van der Waals surface area contributed by atoms with Crippen LogP contribution in [0.4, 0.5) is 0 Å². The van der Waals surface area contributed by atoms with Crippen molar-refractivity contribution in [2.24, 2.45) is 11.8 Å². The summed E-state index contributed by atoms with van der Waals surface area (Å²) in [5, 5.41) is 0. The van der Waals surface area contributed by atoms with Crippen LogP contribution in [0.2, 0.25) is 0 Å². The van der Waals surface area contributed by atoms with E-state index in [-0.39, 0.29) is 47.6 Å². The van der Waals surface area contributed by atoms with Crippen LogP contribution in [0.1, 0.15) is 78.6 Å². The SMILES string of the molecule is O=C(C[C@H]1c2ccccc2[C@H](C2c3ccccc3[C@@H]3C=C(c4ccccc4)OC(=O)[C@H]23)[C@@H]1C(=O)c1ccccc1)c1ccccc1. The fourth-order valence-corrected chi connectivity index (χ4v) is 8.29. The average molecular weight is 601 g/mol. The van der Waals surface area contributed by atoms with Crippen molar-refractivity contribution in [2.75, 3.05) is 0 Å². The lowest BCUT2D eigenvalue weighted by Crippen LogP contribution is -2.34. The van der Waals surface area contributed by atoms with Gasteiger partial charge in [-0.05, 0) is 28.3 Å². The van der Waals surface area contributed by atoms with Gasteiger partial charge in [0.05, 0.1) is 5.92 Å². The molecule has 4 heteroatoms. The molecule has 0 bridgehead atoms. The Hall–Kier alpha value is -5.35. The molecule has 1 heterocycles. The fourth-order valence-electron chi connectivity index (χ4n) is 8.29. The van der Waals surface area contributed by atoms with Gasteiger partial charge in [-0.15, -0.1) is 0 Å². The summed E-state index contributed by atoms with van der Waals surface area (Å²) < 4.78 is 6.11. The second-order valence-electron chi connectivity index (χ2n) is 12.5. The van der Waals surface area contributed by atoms with Crippen molar-refractivity contribution in [1.82, 2.24) is 0 Å². The molecule has 0 N–H and O–H groups in total.